The van der Waals surface area contributed by atoms with E-state index in [4.69, 9.17) is 10.8 Å². The lowest BCUT2D eigenvalue weighted by Crippen LogP contribution is -2.38. The Morgan fingerprint density at radius 2 is 1.90 bits per heavy atom. The molecule has 1 rings (SSSR count). The van der Waals surface area contributed by atoms with Gasteiger partial charge in [-0.3, -0.25) is 9.78 Å². The molecule has 0 aromatic carbocycles. The summed E-state index contributed by atoms with van der Waals surface area (Å²) in [6.07, 6.45) is 1.19. The van der Waals surface area contributed by atoms with Crippen LogP contribution in [-0.4, -0.2) is 41.2 Å². The molecule has 0 unspecified atom stereocenters. The Morgan fingerprint density at radius 1 is 1.20 bits per heavy atom. The average molecular weight is 281 g/mol. The fourth-order valence-corrected chi connectivity index (χ4v) is 1.29. The minimum Gasteiger partial charge on any atom is -0.481 e. The molecule has 6 N–H and O–H groups in total. The standard InChI is InChI=1S/C11H15N5O4/c12-10(19)13-3-4-14-11(20)16-8-2-1-7(15-6-8)5-9(17)18/h1-2,6H,3-5H2,(H,17,18)(H3,12,13,19)(H2,14,16,20). The van der Waals surface area contributed by atoms with Gasteiger partial charge in [0.25, 0.3) is 0 Å². The van der Waals surface area contributed by atoms with Gasteiger partial charge < -0.3 is 26.8 Å². The van der Waals surface area contributed by atoms with Gasteiger partial charge in [-0.25, -0.2) is 9.59 Å². The van der Waals surface area contributed by atoms with Crippen LogP contribution in [0.1, 0.15) is 5.69 Å². The van der Waals surface area contributed by atoms with Crippen LogP contribution in [0, 0.1) is 0 Å². The van der Waals surface area contributed by atoms with Crippen LogP contribution in [0.2, 0.25) is 0 Å². The van der Waals surface area contributed by atoms with Crippen molar-refractivity contribution in [2.24, 2.45) is 5.73 Å². The van der Waals surface area contributed by atoms with Crippen LogP contribution >= 0.6 is 0 Å². The number of aromatic nitrogens is 1. The van der Waals surface area contributed by atoms with Crippen molar-refractivity contribution in [1.82, 2.24) is 15.6 Å². The van der Waals surface area contributed by atoms with Gasteiger partial charge in [0.2, 0.25) is 0 Å². The summed E-state index contributed by atoms with van der Waals surface area (Å²) in [6, 6.07) is 1.93. The summed E-state index contributed by atoms with van der Waals surface area (Å²) in [6.45, 7) is 0.442. The van der Waals surface area contributed by atoms with E-state index >= 15 is 0 Å². The maximum absolute atomic E-state index is 11.4. The topological polar surface area (TPSA) is 146 Å². The zero-order chi connectivity index (χ0) is 15.0. The Morgan fingerprint density at radius 3 is 2.45 bits per heavy atom. The zero-order valence-electron chi connectivity index (χ0n) is 10.5. The van der Waals surface area contributed by atoms with Crippen LogP contribution in [0.5, 0.6) is 0 Å². The molecule has 1 aromatic heterocycles. The van der Waals surface area contributed by atoms with Crippen LogP contribution in [0.3, 0.4) is 0 Å². The number of carbonyl (C=O) groups excluding carboxylic acids is 2. The number of nitrogens with one attached hydrogen (secondary N) is 3. The number of aliphatic carboxylic acids is 1. The Labute approximate surface area is 114 Å². The van der Waals surface area contributed by atoms with Crippen molar-refractivity contribution in [2.75, 3.05) is 18.4 Å². The van der Waals surface area contributed by atoms with Crippen molar-refractivity contribution in [3.63, 3.8) is 0 Å². The smallest absolute Gasteiger partial charge is 0.319 e. The minimum atomic E-state index is -0.974. The summed E-state index contributed by atoms with van der Waals surface area (Å²) in [5, 5.41) is 15.9. The monoisotopic (exact) mass is 281 g/mol. The molecule has 0 spiro atoms. The van der Waals surface area contributed by atoms with Crippen LogP contribution in [0.25, 0.3) is 0 Å². The SMILES string of the molecule is NC(=O)NCCNC(=O)Nc1ccc(CC(=O)O)nc1. The molecule has 20 heavy (non-hydrogen) atoms. The van der Waals surface area contributed by atoms with E-state index in [0.29, 0.717) is 11.4 Å². The predicted octanol–water partition coefficient (Wildman–Crippen LogP) is -0.501. The van der Waals surface area contributed by atoms with Gasteiger partial charge in [-0.15, -0.1) is 0 Å². The molecule has 0 fully saturated rings. The maximum Gasteiger partial charge on any atom is 0.319 e. The Balaban J connectivity index is 2.34. The number of amides is 4. The van der Waals surface area contributed by atoms with Crippen molar-refractivity contribution in [2.45, 2.75) is 6.42 Å². The van der Waals surface area contributed by atoms with Crippen molar-refractivity contribution >= 4 is 23.7 Å². The van der Waals surface area contributed by atoms with E-state index in [1.54, 1.807) is 6.07 Å². The molecule has 0 bridgehead atoms. The maximum atomic E-state index is 11.4. The first-order chi connectivity index (χ1) is 9.47. The van der Waals surface area contributed by atoms with Gasteiger partial charge in [0.1, 0.15) is 0 Å². The molecule has 9 heteroatoms. The highest BCUT2D eigenvalue weighted by Crippen LogP contribution is 2.06. The van der Waals surface area contributed by atoms with Gasteiger partial charge in [-0.05, 0) is 12.1 Å². The third-order valence-electron chi connectivity index (χ3n) is 2.12. The number of carboxylic acid groups (broad SMARTS) is 1. The highest BCUT2D eigenvalue weighted by atomic mass is 16.4. The third-order valence-corrected chi connectivity index (χ3v) is 2.12. The number of hydrogen-bond acceptors (Lipinski definition) is 4. The van der Waals surface area contributed by atoms with E-state index < -0.39 is 18.0 Å². The molecular weight excluding hydrogens is 266 g/mol. The molecule has 0 saturated heterocycles. The van der Waals surface area contributed by atoms with E-state index in [1.807, 2.05) is 0 Å². The number of primary amides is 1. The van der Waals surface area contributed by atoms with Crippen molar-refractivity contribution in [1.29, 1.82) is 0 Å². The number of nitrogens with zero attached hydrogens (tertiary/aromatic N) is 1. The summed E-state index contributed by atoms with van der Waals surface area (Å²) in [7, 11) is 0. The van der Waals surface area contributed by atoms with Gasteiger partial charge in [-0.1, -0.05) is 0 Å². The summed E-state index contributed by atoms with van der Waals surface area (Å²) in [5.41, 5.74) is 5.68. The first kappa shape index (κ1) is 15.2. The predicted molar refractivity (Wildman–Crippen MR) is 70.2 cm³/mol. The lowest BCUT2D eigenvalue weighted by Gasteiger charge is -2.07. The van der Waals surface area contributed by atoms with E-state index in [1.165, 1.54) is 12.3 Å². The van der Waals surface area contributed by atoms with Gasteiger partial charge in [0.15, 0.2) is 0 Å². The van der Waals surface area contributed by atoms with Gasteiger partial charge in [0.05, 0.1) is 24.0 Å². The first-order valence-corrected chi connectivity index (χ1v) is 5.72. The molecular formula is C11H15N5O4. The molecule has 108 valence electrons. The number of urea groups is 2. The van der Waals surface area contributed by atoms with E-state index in [2.05, 4.69) is 20.9 Å². The fraction of sp³-hybridized carbons (Fsp3) is 0.273. The second-order valence-electron chi connectivity index (χ2n) is 3.78. The Kier molecular flexibility index (Phi) is 5.75. The third kappa shape index (κ3) is 6.19. The highest BCUT2D eigenvalue weighted by Gasteiger charge is 2.04. The second-order valence-corrected chi connectivity index (χ2v) is 3.78. The van der Waals surface area contributed by atoms with Crippen molar-refractivity contribution in [3.05, 3.63) is 24.0 Å². The summed E-state index contributed by atoms with van der Waals surface area (Å²) in [4.78, 5) is 36.2. The Bertz CT molecular complexity index is 488. The average Bonchev–Trinajstić information content (AvgIpc) is 2.36. The van der Waals surface area contributed by atoms with Crippen molar-refractivity contribution in [3.8, 4) is 0 Å². The van der Waals surface area contributed by atoms with Gasteiger partial charge in [-0.2, -0.15) is 0 Å². The molecule has 1 heterocycles. The van der Waals surface area contributed by atoms with Gasteiger partial charge in [0, 0.05) is 13.1 Å². The molecule has 1 aromatic rings. The molecule has 0 aliphatic heterocycles. The number of nitrogens with two attached hydrogens (primary N) is 1. The summed E-state index contributed by atoms with van der Waals surface area (Å²) >= 11 is 0. The van der Waals surface area contributed by atoms with Crippen LogP contribution in [0.4, 0.5) is 15.3 Å². The van der Waals surface area contributed by atoms with Crippen LogP contribution in [0.15, 0.2) is 18.3 Å². The molecule has 0 aliphatic rings. The number of carboxylic acids is 1. The molecule has 0 aliphatic carbocycles. The number of anilines is 1. The number of hydrogen-bond donors (Lipinski definition) is 5. The molecule has 0 radical (unpaired) electrons. The quantitative estimate of drug-likeness (QED) is 0.446. The number of pyridine rings is 1. The number of carbonyl (C=O) groups is 3. The lowest BCUT2D eigenvalue weighted by molar-refractivity contribution is -0.136. The van der Waals surface area contributed by atoms with Crippen LogP contribution < -0.4 is 21.7 Å². The normalized spacial score (nSPS) is 9.60. The van der Waals surface area contributed by atoms with E-state index in [-0.39, 0.29) is 19.5 Å². The molecule has 9 nitrogen and oxygen atoms in total. The molecule has 0 atom stereocenters. The highest BCUT2D eigenvalue weighted by molar-refractivity contribution is 5.89. The lowest BCUT2D eigenvalue weighted by atomic mass is 10.2. The largest absolute Gasteiger partial charge is 0.481 e. The van der Waals surface area contributed by atoms with E-state index in [0.717, 1.165) is 0 Å². The summed E-state index contributed by atoms with van der Waals surface area (Å²) < 4.78 is 0. The van der Waals surface area contributed by atoms with Gasteiger partial charge >= 0.3 is 18.0 Å². The zero-order valence-corrected chi connectivity index (χ0v) is 10.5. The minimum absolute atomic E-state index is 0.175. The molecule has 4 amide bonds. The second kappa shape index (κ2) is 7.56. The van der Waals surface area contributed by atoms with E-state index in [9.17, 15) is 14.4 Å². The Hall–Kier alpha value is -2.84. The fourth-order valence-electron chi connectivity index (χ4n) is 1.29. The summed E-state index contributed by atoms with van der Waals surface area (Å²) in [5.74, 6) is -0.974. The van der Waals surface area contributed by atoms with Crippen LogP contribution in [-0.2, 0) is 11.2 Å². The molecule has 0 saturated carbocycles. The van der Waals surface area contributed by atoms with Crippen molar-refractivity contribution < 1.29 is 19.5 Å². The first-order valence-electron chi connectivity index (χ1n) is 5.72. The number of rotatable bonds is 6.